The molecule has 144 valence electrons. The molecule has 0 saturated heterocycles. The van der Waals surface area contributed by atoms with Gasteiger partial charge in [-0.2, -0.15) is 0 Å². The van der Waals surface area contributed by atoms with Crippen molar-refractivity contribution in [2.45, 2.75) is 40.5 Å². The molecule has 2 rings (SSSR count). The SMILES string of the molecule is CCCC(=O)Nc1sc(C(=O)Nc2cc(C)ccc2C)c(C)c1C(=O)OC. The number of carbonyl (C=O) groups is 3. The molecule has 0 spiro atoms. The third kappa shape index (κ3) is 4.74. The predicted molar refractivity (Wildman–Crippen MR) is 108 cm³/mol. The molecule has 2 amide bonds. The smallest absolute Gasteiger partial charge is 0.341 e. The Bertz CT molecular complexity index is 886. The second kappa shape index (κ2) is 8.81. The Morgan fingerprint density at radius 1 is 1.11 bits per heavy atom. The Labute approximate surface area is 162 Å². The Balaban J connectivity index is 2.39. The molecule has 0 fully saturated rings. The highest BCUT2D eigenvalue weighted by Gasteiger charge is 2.26. The summed E-state index contributed by atoms with van der Waals surface area (Å²) >= 11 is 1.08. The van der Waals surface area contributed by atoms with Crippen LogP contribution in [0.1, 0.15) is 56.5 Å². The van der Waals surface area contributed by atoms with E-state index in [9.17, 15) is 14.4 Å². The summed E-state index contributed by atoms with van der Waals surface area (Å²) in [6.45, 7) is 7.43. The molecule has 1 aromatic heterocycles. The highest BCUT2D eigenvalue weighted by Crippen LogP contribution is 2.34. The van der Waals surface area contributed by atoms with Crippen LogP contribution in [0.5, 0.6) is 0 Å². The van der Waals surface area contributed by atoms with Gasteiger partial charge in [-0.1, -0.05) is 19.1 Å². The number of rotatable bonds is 6. The van der Waals surface area contributed by atoms with Crippen LogP contribution in [0, 0.1) is 20.8 Å². The van der Waals surface area contributed by atoms with Crippen molar-refractivity contribution in [3.63, 3.8) is 0 Å². The first-order valence-corrected chi connectivity index (χ1v) is 9.50. The zero-order valence-electron chi connectivity index (χ0n) is 16.2. The highest BCUT2D eigenvalue weighted by atomic mass is 32.1. The van der Waals surface area contributed by atoms with Gasteiger partial charge in [0.15, 0.2) is 0 Å². The average Bonchev–Trinajstić information content (AvgIpc) is 2.93. The topological polar surface area (TPSA) is 84.5 Å². The first-order chi connectivity index (χ1) is 12.8. The number of hydrogen-bond acceptors (Lipinski definition) is 5. The van der Waals surface area contributed by atoms with Crippen LogP contribution in [-0.4, -0.2) is 24.9 Å². The van der Waals surface area contributed by atoms with E-state index in [4.69, 9.17) is 4.74 Å². The van der Waals surface area contributed by atoms with Crippen LogP contribution in [0.15, 0.2) is 18.2 Å². The molecular weight excluding hydrogens is 364 g/mol. The van der Waals surface area contributed by atoms with Crippen molar-refractivity contribution in [3.05, 3.63) is 45.3 Å². The molecule has 0 aliphatic rings. The third-order valence-corrected chi connectivity index (χ3v) is 5.32. The van der Waals surface area contributed by atoms with Gasteiger partial charge < -0.3 is 15.4 Å². The number of carbonyl (C=O) groups excluding carboxylic acids is 3. The van der Waals surface area contributed by atoms with E-state index in [0.717, 1.165) is 22.5 Å². The number of hydrogen-bond donors (Lipinski definition) is 2. The lowest BCUT2D eigenvalue weighted by molar-refractivity contribution is -0.116. The maximum absolute atomic E-state index is 12.8. The molecule has 0 saturated carbocycles. The number of thiophene rings is 1. The molecular formula is C20H24N2O4S. The maximum atomic E-state index is 12.8. The van der Waals surface area contributed by atoms with Crippen molar-refractivity contribution in [3.8, 4) is 0 Å². The molecule has 2 N–H and O–H groups in total. The quantitative estimate of drug-likeness (QED) is 0.716. The fraction of sp³-hybridized carbons (Fsp3) is 0.350. The van der Waals surface area contributed by atoms with E-state index in [1.807, 2.05) is 39.0 Å². The van der Waals surface area contributed by atoms with E-state index in [-0.39, 0.29) is 17.4 Å². The number of nitrogens with one attached hydrogen (secondary N) is 2. The van der Waals surface area contributed by atoms with Crippen LogP contribution >= 0.6 is 11.3 Å². The van der Waals surface area contributed by atoms with Gasteiger partial charge in [-0.3, -0.25) is 9.59 Å². The molecule has 0 aliphatic heterocycles. The second-order valence-corrected chi connectivity index (χ2v) is 7.34. The minimum Gasteiger partial charge on any atom is -0.465 e. The van der Waals surface area contributed by atoms with Crippen LogP contribution in [0.3, 0.4) is 0 Å². The molecule has 1 aromatic carbocycles. The number of methoxy groups -OCH3 is 1. The lowest BCUT2D eigenvalue weighted by atomic mass is 10.1. The van der Waals surface area contributed by atoms with Gasteiger partial charge in [0.2, 0.25) is 5.91 Å². The fourth-order valence-corrected chi connectivity index (χ4v) is 3.74. The van der Waals surface area contributed by atoms with E-state index in [0.29, 0.717) is 34.0 Å². The molecule has 0 radical (unpaired) electrons. The Morgan fingerprint density at radius 2 is 1.81 bits per heavy atom. The monoisotopic (exact) mass is 388 g/mol. The van der Waals surface area contributed by atoms with E-state index in [1.165, 1.54) is 7.11 Å². The van der Waals surface area contributed by atoms with Crippen LogP contribution < -0.4 is 10.6 Å². The number of benzene rings is 1. The maximum Gasteiger partial charge on any atom is 0.341 e. The molecule has 0 atom stereocenters. The summed E-state index contributed by atoms with van der Waals surface area (Å²) < 4.78 is 4.83. The minimum atomic E-state index is -0.582. The number of ether oxygens (including phenoxy) is 1. The lowest BCUT2D eigenvalue weighted by Crippen LogP contribution is -2.14. The van der Waals surface area contributed by atoms with Crippen molar-refractivity contribution in [2.24, 2.45) is 0 Å². The Kier molecular flexibility index (Phi) is 6.74. The first kappa shape index (κ1) is 20.6. The van der Waals surface area contributed by atoms with E-state index in [1.54, 1.807) is 6.92 Å². The second-order valence-electron chi connectivity index (χ2n) is 6.32. The van der Waals surface area contributed by atoms with E-state index in [2.05, 4.69) is 10.6 Å². The molecule has 27 heavy (non-hydrogen) atoms. The Morgan fingerprint density at radius 3 is 2.44 bits per heavy atom. The van der Waals surface area contributed by atoms with Gasteiger partial charge >= 0.3 is 5.97 Å². The summed E-state index contributed by atoms with van der Waals surface area (Å²) in [6.07, 6.45) is 1.02. The largest absolute Gasteiger partial charge is 0.465 e. The van der Waals surface area contributed by atoms with Crippen molar-refractivity contribution < 1.29 is 19.1 Å². The molecule has 6 nitrogen and oxygen atoms in total. The summed E-state index contributed by atoms with van der Waals surface area (Å²) in [5.41, 5.74) is 3.39. The van der Waals surface area contributed by atoms with Crippen molar-refractivity contribution >= 4 is 39.8 Å². The van der Waals surface area contributed by atoms with Crippen molar-refractivity contribution in [2.75, 3.05) is 17.7 Å². The predicted octanol–water partition coefficient (Wildman–Crippen LogP) is 4.45. The third-order valence-electron chi connectivity index (χ3n) is 4.11. The standard InChI is InChI=1S/C20H24N2O4S/c1-6-7-15(23)22-19-16(20(25)26-5)13(4)17(27-19)18(24)21-14-10-11(2)8-9-12(14)3/h8-10H,6-7H2,1-5H3,(H,21,24)(H,22,23). The first-order valence-electron chi connectivity index (χ1n) is 8.68. The molecule has 7 heteroatoms. The summed E-state index contributed by atoms with van der Waals surface area (Å²) in [5, 5.41) is 5.95. The molecule has 0 unspecified atom stereocenters. The fourth-order valence-electron chi connectivity index (χ4n) is 2.63. The van der Waals surface area contributed by atoms with Crippen molar-refractivity contribution in [1.82, 2.24) is 0 Å². The van der Waals surface area contributed by atoms with Crippen molar-refractivity contribution in [1.29, 1.82) is 0 Å². The van der Waals surface area contributed by atoms with Crippen LogP contribution in [0.2, 0.25) is 0 Å². The van der Waals surface area contributed by atoms with Crippen LogP contribution in [-0.2, 0) is 9.53 Å². The summed E-state index contributed by atoms with van der Waals surface area (Å²) in [6, 6.07) is 5.79. The summed E-state index contributed by atoms with van der Waals surface area (Å²) in [7, 11) is 1.27. The number of anilines is 2. The van der Waals surface area contributed by atoms with Gasteiger partial charge in [0, 0.05) is 12.1 Å². The van der Waals surface area contributed by atoms with Gasteiger partial charge in [0.25, 0.3) is 5.91 Å². The molecule has 2 aromatic rings. The highest BCUT2D eigenvalue weighted by molar-refractivity contribution is 7.18. The van der Waals surface area contributed by atoms with Gasteiger partial charge in [0.1, 0.15) is 5.00 Å². The number of aryl methyl sites for hydroxylation is 2. The summed E-state index contributed by atoms with van der Waals surface area (Å²) in [5.74, 6) is -1.11. The van der Waals surface area contributed by atoms with Gasteiger partial charge in [0.05, 0.1) is 17.6 Å². The lowest BCUT2D eigenvalue weighted by Gasteiger charge is -2.09. The zero-order chi connectivity index (χ0) is 20.1. The van der Waals surface area contributed by atoms with Crippen LogP contribution in [0.4, 0.5) is 10.7 Å². The van der Waals surface area contributed by atoms with Gasteiger partial charge in [-0.05, 0) is 49.9 Å². The zero-order valence-corrected chi connectivity index (χ0v) is 17.0. The van der Waals surface area contributed by atoms with Crippen LogP contribution in [0.25, 0.3) is 0 Å². The molecule has 1 heterocycles. The number of esters is 1. The minimum absolute atomic E-state index is 0.203. The van der Waals surface area contributed by atoms with Gasteiger partial charge in [-0.25, -0.2) is 4.79 Å². The number of amides is 2. The average molecular weight is 388 g/mol. The molecule has 0 bridgehead atoms. The molecule has 0 aliphatic carbocycles. The Hall–Kier alpha value is -2.67. The summed E-state index contributed by atoms with van der Waals surface area (Å²) in [4.78, 5) is 37.4. The van der Waals surface area contributed by atoms with Gasteiger partial charge in [-0.15, -0.1) is 11.3 Å². The normalized spacial score (nSPS) is 10.4. The van der Waals surface area contributed by atoms with E-state index >= 15 is 0 Å². The van der Waals surface area contributed by atoms with E-state index < -0.39 is 5.97 Å².